The number of aromatic nitrogens is 1. The van der Waals surface area contributed by atoms with Crippen molar-refractivity contribution in [3.8, 4) is 28.7 Å². The minimum atomic E-state index is -0.513. The monoisotopic (exact) mass is 427 g/mol. The number of carbonyl (C=O) groups is 1. The zero-order valence-electron chi connectivity index (χ0n) is 17.9. The van der Waals surface area contributed by atoms with Crippen LogP contribution in [0.15, 0.2) is 36.7 Å². The molecule has 0 atom stereocenters. The Balaban J connectivity index is 1.98. The average molecular weight is 427 g/mol. The standard InChI is InChI=1S/C23H25NO7/c1-5-30-18-7-6-16-15(11-24-12-17(16)22(18)26)8-14-9-19(27-2)23(20(10-14)28-3)31-13-21(25)29-4/h6-7,9-12,26H,5,8,13H2,1-4H3. The third kappa shape index (κ3) is 4.74. The first-order valence-electron chi connectivity index (χ1n) is 9.68. The van der Waals surface area contributed by atoms with Crippen molar-refractivity contribution in [2.75, 3.05) is 34.5 Å². The minimum absolute atomic E-state index is 0.0652. The molecule has 1 aromatic heterocycles. The van der Waals surface area contributed by atoms with Crippen LogP contribution in [0.3, 0.4) is 0 Å². The van der Waals surface area contributed by atoms with Crippen molar-refractivity contribution in [2.45, 2.75) is 13.3 Å². The van der Waals surface area contributed by atoms with Crippen LogP contribution in [0.5, 0.6) is 28.7 Å². The Morgan fingerprint density at radius 2 is 1.68 bits per heavy atom. The van der Waals surface area contributed by atoms with Crippen molar-refractivity contribution in [3.63, 3.8) is 0 Å². The van der Waals surface area contributed by atoms with Gasteiger partial charge in [0, 0.05) is 17.8 Å². The topological polar surface area (TPSA) is 96.3 Å². The predicted molar refractivity (Wildman–Crippen MR) is 114 cm³/mol. The lowest BCUT2D eigenvalue weighted by Gasteiger charge is -2.16. The molecule has 0 saturated carbocycles. The van der Waals surface area contributed by atoms with E-state index in [2.05, 4.69) is 9.72 Å². The molecule has 0 fully saturated rings. The second-order valence-electron chi connectivity index (χ2n) is 6.61. The molecule has 0 aliphatic carbocycles. The molecule has 3 aromatic rings. The lowest BCUT2D eigenvalue weighted by molar-refractivity contribution is -0.142. The van der Waals surface area contributed by atoms with Crippen LogP contribution in [-0.4, -0.2) is 50.6 Å². The highest BCUT2D eigenvalue weighted by atomic mass is 16.6. The van der Waals surface area contributed by atoms with Crippen LogP contribution < -0.4 is 18.9 Å². The first kappa shape index (κ1) is 22.0. The summed E-state index contributed by atoms with van der Waals surface area (Å²) < 4.78 is 26.5. The Morgan fingerprint density at radius 3 is 2.29 bits per heavy atom. The number of fused-ring (bicyclic) bond motifs is 1. The number of ether oxygens (including phenoxy) is 5. The van der Waals surface area contributed by atoms with Gasteiger partial charge in [-0.15, -0.1) is 0 Å². The first-order valence-corrected chi connectivity index (χ1v) is 9.68. The second-order valence-corrected chi connectivity index (χ2v) is 6.61. The third-order valence-electron chi connectivity index (χ3n) is 4.74. The molecular formula is C23H25NO7. The van der Waals surface area contributed by atoms with E-state index >= 15 is 0 Å². The van der Waals surface area contributed by atoms with Gasteiger partial charge < -0.3 is 28.8 Å². The van der Waals surface area contributed by atoms with Crippen molar-refractivity contribution >= 4 is 16.7 Å². The number of hydrogen-bond acceptors (Lipinski definition) is 8. The number of esters is 1. The Hall–Kier alpha value is -3.68. The van der Waals surface area contributed by atoms with Gasteiger partial charge in [0.1, 0.15) is 0 Å². The second kappa shape index (κ2) is 9.88. The van der Waals surface area contributed by atoms with Gasteiger partial charge in [0.25, 0.3) is 0 Å². The van der Waals surface area contributed by atoms with Crippen LogP contribution in [0.25, 0.3) is 10.8 Å². The third-order valence-corrected chi connectivity index (χ3v) is 4.74. The van der Waals surface area contributed by atoms with Gasteiger partial charge in [0.05, 0.1) is 27.9 Å². The Morgan fingerprint density at radius 1 is 0.968 bits per heavy atom. The van der Waals surface area contributed by atoms with E-state index in [1.54, 1.807) is 18.5 Å². The van der Waals surface area contributed by atoms with Crippen LogP contribution in [0.1, 0.15) is 18.1 Å². The number of aromatic hydroxyl groups is 1. The smallest absolute Gasteiger partial charge is 0.343 e. The fraction of sp³-hybridized carbons (Fsp3) is 0.304. The molecule has 8 heteroatoms. The molecule has 3 rings (SSSR count). The molecule has 0 saturated heterocycles. The molecule has 0 unspecified atom stereocenters. The summed E-state index contributed by atoms with van der Waals surface area (Å²) >= 11 is 0. The predicted octanol–water partition coefficient (Wildman–Crippen LogP) is 3.50. The number of phenolic OH excluding ortho intramolecular Hbond substituents is 1. The Kier molecular flexibility index (Phi) is 7.02. The molecule has 0 amide bonds. The number of phenols is 1. The molecule has 0 spiro atoms. The van der Waals surface area contributed by atoms with Crippen LogP contribution in [0.4, 0.5) is 0 Å². The van der Waals surface area contributed by atoms with E-state index in [0.717, 1.165) is 16.5 Å². The molecule has 0 aliphatic heterocycles. The van der Waals surface area contributed by atoms with Gasteiger partial charge in [-0.2, -0.15) is 0 Å². The highest BCUT2D eigenvalue weighted by Crippen LogP contribution is 2.40. The molecule has 164 valence electrons. The number of carbonyl (C=O) groups excluding carboxylic acids is 1. The summed E-state index contributed by atoms with van der Waals surface area (Å²) in [4.78, 5) is 15.7. The highest BCUT2D eigenvalue weighted by molar-refractivity contribution is 5.92. The number of hydrogen-bond donors (Lipinski definition) is 1. The van der Waals surface area contributed by atoms with E-state index in [1.807, 2.05) is 25.1 Å². The number of pyridine rings is 1. The van der Waals surface area contributed by atoms with Gasteiger partial charge in [-0.05, 0) is 48.1 Å². The normalized spacial score (nSPS) is 10.6. The van der Waals surface area contributed by atoms with E-state index in [0.29, 0.717) is 41.4 Å². The SMILES string of the molecule is CCOc1ccc2c(Cc3cc(OC)c(OCC(=O)OC)c(OC)c3)cncc2c1O. The number of benzene rings is 2. The van der Waals surface area contributed by atoms with Crippen molar-refractivity contribution < 1.29 is 33.6 Å². The van der Waals surface area contributed by atoms with E-state index in [1.165, 1.54) is 21.3 Å². The van der Waals surface area contributed by atoms with E-state index < -0.39 is 5.97 Å². The largest absolute Gasteiger partial charge is 0.504 e. The van der Waals surface area contributed by atoms with Crippen molar-refractivity contribution in [3.05, 3.63) is 47.8 Å². The van der Waals surface area contributed by atoms with Gasteiger partial charge in [-0.25, -0.2) is 4.79 Å². The first-order chi connectivity index (χ1) is 15.0. The van der Waals surface area contributed by atoms with Gasteiger partial charge in [-0.3, -0.25) is 4.98 Å². The lowest BCUT2D eigenvalue weighted by Crippen LogP contribution is -2.13. The number of rotatable bonds is 9. The molecule has 0 bridgehead atoms. The molecule has 2 aromatic carbocycles. The Bertz CT molecular complexity index is 1060. The maximum absolute atomic E-state index is 11.4. The molecule has 1 heterocycles. The number of methoxy groups -OCH3 is 3. The fourth-order valence-corrected chi connectivity index (χ4v) is 3.27. The van der Waals surface area contributed by atoms with Gasteiger partial charge in [-0.1, -0.05) is 6.07 Å². The van der Waals surface area contributed by atoms with Crippen molar-refractivity contribution in [1.29, 1.82) is 0 Å². The zero-order chi connectivity index (χ0) is 22.4. The van der Waals surface area contributed by atoms with E-state index in [4.69, 9.17) is 18.9 Å². The molecule has 1 N–H and O–H groups in total. The van der Waals surface area contributed by atoms with E-state index in [-0.39, 0.29) is 12.4 Å². The van der Waals surface area contributed by atoms with Gasteiger partial charge >= 0.3 is 5.97 Å². The maximum Gasteiger partial charge on any atom is 0.343 e. The van der Waals surface area contributed by atoms with Gasteiger partial charge in [0.2, 0.25) is 5.75 Å². The van der Waals surface area contributed by atoms with Crippen LogP contribution in [0, 0.1) is 0 Å². The molecule has 0 radical (unpaired) electrons. The quantitative estimate of drug-likeness (QED) is 0.519. The summed E-state index contributed by atoms with van der Waals surface area (Å²) in [5.41, 5.74) is 1.78. The molecule has 0 aliphatic rings. The lowest BCUT2D eigenvalue weighted by atomic mass is 9.99. The van der Waals surface area contributed by atoms with Crippen LogP contribution in [-0.2, 0) is 16.0 Å². The summed E-state index contributed by atoms with van der Waals surface area (Å²) in [6, 6.07) is 7.26. The summed E-state index contributed by atoms with van der Waals surface area (Å²) in [5, 5.41) is 12.0. The molecular weight excluding hydrogens is 402 g/mol. The Labute approximate surface area is 180 Å². The maximum atomic E-state index is 11.4. The average Bonchev–Trinajstić information content (AvgIpc) is 2.79. The minimum Gasteiger partial charge on any atom is -0.504 e. The zero-order valence-corrected chi connectivity index (χ0v) is 17.9. The van der Waals surface area contributed by atoms with Crippen molar-refractivity contribution in [2.24, 2.45) is 0 Å². The van der Waals surface area contributed by atoms with E-state index in [9.17, 15) is 9.90 Å². The van der Waals surface area contributed by atoms with Crippen molar-refractivity contribution in [1.82, 2.24) is 4.98 Å². The summed E-state index contributed by atoms with van der Waals surface area (Å²) in [7, 11) is 4.31. The molecule has 31 heavy (non-hydrogen) atoms. The summed E-state index contributed by atoms with van der Waals surface area (Å²) in [5.74, 6) is 1.14. The highest BCUT2D eigenvalue weighted by Gasteiger charge is 2.17. The van der Waals surface area contributed by atoms with Crippen LogP contribution >= 0.6 is 0 Å². The molecule has 8 nitrogen and oxygen atoms in total. The van der Waals surface area contributed by atoms with Crippen LogP contribution in [0.2, 0.25) is 0 Å². The number of nitrogens with zero attached hydrogens (tertiary/aromatic N) is 1. The fourth-order valence-electron chi connectivity index (χ4n) is 3.27. The summed E-state index contributed by atoms with van der Waals surface area (Å²) in [6.07, 6.45) is 3.87. The van der Waals surface area contributed by atoms with Gasteiger partial charge in [0.15, 0.2) is 29.6 Å². The summed E-state index contributed by atoms with van der Waals surface area (Å²) in [6.45, 7) is 2.05.